The zero-order valence-corrected chi connectivity index (χ0v) is 9.71. The van der Waals surface area contributed by atoms with Gasteiger partial charge in [0.25, 0.3) is 0 Å². The van der Waals surface area contributed by atoms with Crippen molar-refractivity contribution < 1.29 is 13.2 Å². The Morgan fingerprint density at radius 1 is 1.40 bits per heavy atom. The summed E-state index contributed by atoms with van der Waals surface area (Å²) in [5, 5.41) is 0. The average Bonchev–Trinajstić information content (AvgIpc) is 2.16. The van der Waals surface area contributed by atoms with Crippen molar-refractivity contribution in [2.75, 3.05) is 30.5 Å². The minimum Gasteiger partial charge on any atom is -0.495 e. The van der Waals surface area contributed by atoms with Crippen LogP contribution in [0.4, 0.5) is 11.4 Å². The number of benzene rings is 1. The Hall–Kier alpha value is -1.43. The van der Waals surface area contributed by atoms with E-state index in [1.54, 1.807) is 18.2 Å². The van der Waals surface area contributed by atoms with Gasteiger partial charge in [0.15, 0.2) is 0 Å². The number of hydrogen-bond acceptors (Lipinski definition) is 4. The Morgan fingerprint density at radius 3 is 2.47 bits per heavy atom. The zero-order chi connectivity index (χ0) is 11.6. The van der Waals surface area contributed by atoms with Crippen molar-refractivity contribution in [3.8, 4) is 5.75 Å². The maximum absolute atomic E-state index is 11.3. The lowest BCUT2D eigenvalue weighted by Gasteiger charge is -2.17. The number of nitrogen functional groups attached to an aromatic ring is 1. The number of ether oxygens (including phenoxy) is 1. The minimum atomic E-state index is -3.26. The third-order valence-electron chi connectivity index (χ3n) is 2.08. The lowest BCUT2D eigenvalue weighted by molar-refractivity contribution is 0.417. The van der Waals surface area contributed by atoms with E-state index >= 15 is 0 Å². The number of hydrogen-bond donors (Lipinski definition) is 1. The fourth-order valence-corrected chi connectivity index (χ4v) is 1.58. The minimum absolute atomic E-state index is 0.461. The van der Waals surface area contributed by atoms with E-state index < -0.39 is 10.0 Å². The second kappa shape index (κ2) is 3.98. The normalized spacial score (nSPS) is 11.1. The lowest BCUT2D eigenvalue weighted by Crippen LogP contribution is -2.24. The van der Waals surface area contributed by atoms with E-state index in [1.165, 1.54) is 14.2 Å². The highest BCUT2D eigenvalue weighted by Crippen LogP contribution is 2.27. The highest BCUT2D eigenvalue weighted by atomic mass is 32.2. The fraction of sp³-hybridized carbons (Fsp3) is 0.333. The van der Waals surface area contributed by atoms with Crippen LogP contribution in [-0.4, -0.2) is 28.8 Å². The molecule has 0 aromatic heterocycles. The van der Waals surface area contributed by atoms with Gasteiger partial charge in [0.1, 0.15) is 5.75 Å². The van der Waals surface area contributed by atoms with Crippen LogP contribution in [0.2, 0.25) is 0 Å². The van der Waals surface area contributed by atoms with Crippen LogP contribution in [0.1, 0.15) is 0 Å². The Bertz CT molecular complexity index is 456. The monoisotopic (exact) mass is 230 g/mol. The molecule has 15 heavy (non-hydrogen) atoms. The van der Waals surface area contributed by atoms with Crippen molar-refractivity contribution in [3.63, 3.8) is 0 Å². The first kappa shape index (κ1) is 11.6. The maximum atomic E-state index is 11.3. The quantitative estimate of drug-likeness (QED) is 0.775. The van der Waals surface area contributed by atoms with Gasteiger partial charge in [0.05, 0.1) is 24.7 Å². The van der Waals surface area contributed by atoms with Gasteiger partial charge in [0.2, 0.25) is 10.0 Å². The summed E-state index contributed by atoms with van der Waals surface area (Å²) in [7, 11) is -0.302. The topological polar surface area (TPSA) is 72.6 Å². The van der Waals surface area contributed by atoms with Crippen LogP contribution >= 0.6 is 0 Å². The predicted molar refractivity (Wildman–Crippen MR) is 60.7 cm³/mol. The van der Waals surface area contributed by atoms with E-state index in [2.05, 4.69) is 0 Å². The van der Waals surface area contributed by atoms with Crippen LogP contribution in [0.5, 0.6) is 5.75 Å². The Balaban J connectivity index is 3.17. The molecule has 0 amide bonds. The summed E-state index contributed by atoms with van der Waals surface area (Å²) in [5.41, 5.74) is 6.61. The fourth-order valence-electron chi connectivity index (χ4n) is 1.09. The van der Waals surface area contributed by atoms with Crippen molar-refractivity contribution >= 4 is 21.4 Å². The van der Waals surface area contributed by atoms with E-state index in [1.807, 2.05) is 0 Å². The van der Waals surface area contributed by atoms with Gasteiger partial charge in [-0.3, -0.25) is 4.31 Å². The molecule has 0 aliphatic carbocycles. The van der Waals surface area contributed by atoms with Crippen LogP contribution in [0.25, 0.3) is 0 Å². The molecule has 0 fully saturated rings. The van der Waals surface area contributed by atoms with E-state index in [0.29, 0.717) is 17.1 Å². The molecule has 0 atom stereocenters. The van der Waals surface area contributed by atoms with Crippen molar-refractivity contribution in [1.82, 2.24) is 0 Å². The zero-order valence-electron chi connectivity index (χ0n) is 8.89. The molecule has 84 valence electrons. The van der Waals surface area contributed by atoms with Crippen LogP contribution in [0.15, 0.2) is 18.2 Å². The predicted octanol–water partition coefficient (Wildman–Crippen LogP) is 0.673. The van der Waals surface area contributed by atoms with Crippen molar-refractivity contribution in [1.29, 1.82) is 0 Å². The van der Waals surface area contributed by atoms with E-state index in [-0.39, 0.29) is 0 Å². The Labute approximate surface area is 89.5 Å². The number of nitrogens with two attached hydrogens (primary N) is 1. The van der Waals surface area contributed by atoms with Crippen LogP contribution < -0.4 is 14.8 Å². The van der Waals surface area contributed by atoms with Gasteiger partial charge in [-0.15, -0.1) is 0 Å². The molecule has 0 saturated carbocycles. The molecule has 2 N–H and O–H groups in total. The first-order chi connectivity index (χ1) is 6.86. The second-order valence-corrected chi connectivity index (χ2v) is 5.17. The Kier molecular flexibility index (Phi) is 3.09. The largest absolute Gasteiger partial charge is 0.495 e. The van der Waals surface area contributed by atoms with Gasteiger partial charge in [-0.1, -0.05) is 0 Å². The molecular weight excluding hydrogens is 216 g/mol. The molecule has 0 unspecified atom stereocenters. The highest BCUT2D eigenvalue weighted by Gasteiger charge is 2.13. The smallest absolute Gasteiger partial charge is 0.231 e. The molecule has 1 aromatic rings. The molecule has 0 aliphatic heterocycles. The molecule has 0 heterocycles. The van der Waals surface area contributed by atoms with Gasteiger partial charge in [0, 0.05) is 13.1 Å². The molecule has 6 heteroatoms. The van der Waals surface area contributed by atoms with Gasteiger partial charge in [-0.05, 0) is 12.1 Å². The number of sulfonamides is 1. The molecule has 0 radical (unpaired) electrons. The van der Waals surface area contributed by atoms with Gasteiger partial charge in [-0.2, -0.15) is 0 Å². The van der Waals surface area contributed by atoms with E-state index in [0.717, 1.165) is 10.6 Å². The maximum Gasteiger partial charge on any atom is 0.231 e. The third-order valence-corrected chi connectivity index (χ3v) is 3.28. The molecular formula is C9H14N2O3S. The summed E-state index contributed by atoms with van der Waals surface area (Å²) in [6, 6.07) is 4.81. The number of rotatable bonds is 3. The SMILES string of the molecule is COc1cc(N(C)S(C)(=O)=O)ccc1N. The van der Waals surface area contributed by atoms with Crippen molar-refractivity contribution in [2.45, 2.75) is 0 Å². The molecule has 0 saturated heterocycles. The third kappa shape index (κ3) is 2.53. The summed E-state index contributed by atoms with van der Waals surface area (Å²) in [6.07, 6.45) is 1.13. The Morgan fingerprint density at radius 2 is 2.00 bits per heavy atom. The average molecular weight is 230 g/mol. The van der Waals surface area contributed by atoms with Crippen molar-refractivity contribution in [2.24, 2.45) is 0 Å². The van der Waals surface area contributed by atoms with Crippen molar-refractivity contribution in [3.05, 3.63) is 18.2 Å². The summed E-state index contributed by atoms with van der Waals surface area (Å²) in [6.45, 7) is 0. The number of nitrogens with zero attached hydrogens (tertiary/aromatic N) is 1. The first-order valence-electron chi connectivity index (χ1n) is 4.23. The summed E-state index contributed by atoms with van der Waals surface area (Å²) in [4.78, 5) is 0. The van der Waals surface area contributed by atoms with Gasteiger partial charge >= 0.3 is 0 Å². The summed E-state index contributed by atoms with van der Waals surface area (Å²) < 4.78 is 28.7. The molecule has 1 aromatic carbocycles. The summed E-state index contributed by atoms with van der Waals surface area (Å²) in [5.74, 6) is 0.461. The van der Waals surface area contributed by atoms with Crippen LogP contribution in [0, 0.1) is 0 Å². The van der Waals surface area contributed by atoms with E-state index in [9.17, 15) is 8.42 Å². The van der Waals surface area contributed by atoms with Crippen LogP contribution in [-0.2, 0) is 10.0 Å². The summed E-state index contributed by atoms with van der Waals surface area (Å²) >= 11 is 0. The standard InChI is InChI=1S/C9H14N2O3S/c1-11(15(3,12)13)7-4-5-8(10)9(6-7)14-2/h4-6H,10H2,1-3H3. The van der Waals surface area contributed by atoms with Crippen LogP contribution in [0.3, 0.4) is 0 Å². The number of anilines is 2. The molecule has 0 aliphatic rings. The molecule has 1 rings (SSSR count). The second-order valence-electron chi connectivity index (χ2n) is 3.16. The lowest BCUT2D eigenvalue weighted by atomic mass is 10.2. The molecule has 0 bridgehead atoms. The van der Waals surface area contributed by atoms with Gasteiger partial charge < -0.3 is 10.5 Å². The van der Waals surface area contributed by atoms with E-state index in [4.69, 9.17) is 10.5 Å². The molecule has 5 nitrogen and oxygen atoms in total. The number of methoxy groups -OCH3 is 1. The first-order valence-corrected chi connectivity index (χ1v) is 6.08. The van der Waals surface area contributed by atoms with Gasteiger partial charge in [-0.25, -0.2) is 8.42 Å². The highest BCUT2D eigenvalue weighted by molar-refractivity contribution is 7.92. The molecule has 0 spiro atoms.